The van der Waals surface area contributed by atoms with E-state index in [-0.39, 0.29) is 12.1 Å². The van der Waals surface area contributed by atoms with E-state index in [1.54, 1.807) is 0 Å². The number of ether oxygens (including phenoxy) is 1. The summed E-state index contributed by atoms with van der Waals surface area (Å²) in [7, 11) is 0. The van der Waals surface area contributed by atoms with Gasteiger partial charge in [0.15, 0.2) is 6.10 Å². The molecule has 2 nitrogen and oxygen atoms in total. The Morgan fingerprint density at radius 3 is 2.67 bits per heavy atom. The average Bonchev–Trinajstić information content (AvgIpc) is 2.18. The van der Waals surface area contributed by atoms with Crippen molar-refractivity contribution in [3.8, 4) is 9.85 Å². The molecule has 0 bridgehead atoms. The molecular formula is C12H11IO2. The molecule has 0 heterocycles. The van der Waals surface area contributed by atoms with Gasteiger partial charge in [0.25, 0.3) is 0 Å². The molecule has 0 saturated carbocycles. The molecule has 0 N–H and O–H groups in total. The Bertz CT molecular complexity index is 376. The van der Waals surface area contributed by atoms with Gasteiger partial charge in [0, 0.05) is 35.9 Å². The largest absolute Gasteiger partial charge is 0.449 e. The normalized spacial score (nSPS) is 11.1. The highest BCUT2D eigenvalue weighted by molar-refractivity contribution is 14.1. The Kier molecular flexibility index (Phi) is 5.19. The third-order valence-electron chi connectivity index (χ3n) is 1.79. The van der Waals surface area contributed by atoms with Gasteiger partial charge in [-0.05, 0) is 15.4 Å². The van der Waals surface area contributed by atoms with Crippen molar-refractivity contribution in [3.05, 3.63) is 35.9 Å². The maximum absolute atomic E-state index is 10.8. The molecule has 0 aromatic heterocycles. The number of carbonyl (C=O) groups excluding carboxylic acids is 1. The maximum Gasteiger partial charge on any atom is 0.303 e. The molecule has 0 radical (unpaired) electrons. The lowest BCUT2D eigenvalue weighted by Crippen LogP contribution is -2.16. The standard InChI is InChI=1S/C12H11IO2/c1-10(14)15-12(7-8-13)9-11-5-3-2-4-6-11/h2-6,12H,9H2,1H3. The molecule has 0 aliphatic carbocycles. The number of hydrogen-bond acceptors (Lipinski definition) is 2. The number of hydrogen-bond donors (Lipinski definition) is 0. The molecule has 0 fully saturated rings. The van der Waals surface area contributed by atoms with E-state index in [2.05, 4.69) is 9.85 Å². The highest BCUT2D eigenvalue weighted by Gasteiger charge is 2.09. The minimum atomic E-state index is -0.346. The number of esters is 1. The summed E-state index contributed by atoms with van der Waals surface area (Å²) in [5.74, 6) is 2.56. The fraction of sp³-hybridized carbons (Fsp3) is 0.250. The summed E-state index contributed by atoms with van der Waals surface area (Å²) in [6.45, 7) is 1.40. The van der Waals surface area contributed by atoms with Crippen LogP contribution in [0.5, 0.6) is 0 Å². The van der Waals surface area contributed by atoms with Crippen LogP contribution in [0.4, 0.5) is 0 Å². The molecule has 78 valence electrons. The molecule has 0 saturated heterocycles. The predicted octanol–water partition coefficient (Wildman–Crippen LogP) is 2.56. The molecule has 0 spiro atoms. The van der Waals surface area contributed by atoms with Gasteiger partial charge in [-0.2, -0.15) is 0 Å². The second-order valence-corrected chi connectivity index (χ2v) is 3.57. The third kappa shape index (κ3) is 4.84. The van der Waals surface area contributed by atoms with Gasteiger partial charge in [-0.15, -0.1) is 0 Å². The van der Waals surface area contributed by atoms with Crippen LogP contribution in [-0.2, 0) is 16.0 Å². The van der Waals surface area contributed by atoms with Crippen LogP contribution < -0.4 is 0 Å². The van der Waals surface area contributed by atoms with Crippen LogP contribution in [0.3, 0.4) is 0 Å². The molecule has 0 aliphatic heterocycles. The first-order valence-corrected chi connectivity index (χ1v) is 5.62. The fourth-order valence-corrected chi connectivity index (χ4v) is 1.56. The second kappa shape index (κ2) is 6.46. The topological polar surface area (TPSA) is 26.3 Å². The summed E-state index contributed by atoms with van der Waals surface area (Å²) < 4.78 is 7.81. The zero-order chi connectivity index (χ0) is 11.1. The summed E-state index contributed by atoms with van der Waals surface area (Å²) in [5.41, 5.74) is 1.11. The monoisotopic (exact) mass is 314 g/mol. The summed E-state index contributed by atoms with van der Waals surface area (Å²) in [6.07, 6.45) is 0.290. The molecule has 1 aromatic rings. The first kappa shape index (κ1) is 12.1. The van der Waals surface area contributed by atoms with Gasteiger partial charge in [0.05, 0.1) is 0 Å². The van der Waals surface area contributed by atoms with Gasteiger partial charge in [-0.1, -0.05) is 30.3 Å². The molecule has 15 heavy (non-hydrogen) atoms. The SMILES string of the molecule is CC(=O)OC(C#CI)Cc1ccccc1. The Labute approximate surface area is 103 Å². The van der Waals surface area contributed by atoms with Crippen LogP contribution in [0.1, 0.15) is 12.5 Å². The summed E-state index contributed by atoms with van der Waals surface area (Å²) in [6, 6.07) is 9.85. The highest BCUT2D eigenvalue weighted by atomic mass is 127. The van der Waals surface area contributed by atoms with E-state index in [1.807, 2.05) is 52.9 Å². The molecular weight excluding hydrogens is 303 g/mol. The van der Waals surface area contributed by atoms with E-state index < -0.39 is 0 Å². The van der Waals surface area contributed by atoms with E-state index in [0.717, 1.165) is 5.56 Å². The van der Waals surface area contributed by atoms with E-state index in [4.69, 9.17) is 4.74 Å². The molecule has 0 aliphatic rings. The lowest BCUT2D eigenvalue weighted by atomic mass is 10.1. The van der Waals surface area contributed by atoms with Crippen LogP contribution in [-0.4, -0.2) is 12.1 Å². The lowest BCUT2D eigenvalue weighted by molar-refractivity contribution is -0.143. The van der Waals surface area contributed by atoms with Crippen molar-refractivity contribution in [2.75, 3.05) is 0 Å². The zero-order valence-corrected chi connectivity index (χ0v) is 10.5. The van der Waals surface area contributed by atoms with Crippen LogP contribution >= 0.6 is 22.6 Å². The van der Waals surface area contributed by atoms with Crippen molar-refractivity contribution >= 4 is 28.6 Å². The third-order valence-corrected chi connectivity index (χ3v) is 2.10. The van der Waals surface area contributed by atoms with Gasteiger partial charge >= 0.3 is 5.97 Å². The van der Waals surface area contributed by atoms with Crippen molar-refractivity contribution in [1.29, 1.82) is 0 Å². The Morgan fingerprint density at radius 2 is 2.13 bits per heavy atom. The lowest BCUT2D eigenvalue weighted by Gasteiger charge is -2.10. The van der Waals surface area contributed by atoms with Crippen molar-refractivity contribution in [3.63, 3.8) is 0 Å². The molecule has 1 unspecified atom stereocenters. The quantitative estimate of drug-likeness (QED) is 0.487. The van der Waals surface area contributed by atoms with Crippen molar-refractivity contribution < 1.29 is 9.53 Å². The van der Waals surface area contributed by atoms with E-state index >= 15 is 0 Å². The summed E-state index contributed by atoms with van der Waals surface area (Å²) in [4.78, 5) is 10.8. The number of rotatable bonds is 3. The van der Waals surface area contributed by atoms with Crippen LogP contribution in [0, 0.1) is 9.85 Å². The van der Waals surface area contributed by atoms with Crippen LogP contribution in [0.25, 0.3) is 0 Å². The van der Waals surface area contributed by atoms with Gasteiger partial charge in [-0.3, -0.25) is 4.79 Å². The first-order valence-electron chi connectivity index (χ1n) is 4.54. The molecule has 0 amide bonds. The molecule has 1 atom stereocenters. The van der Waals surface area contributed by atoms with E-state index in [9.17, 15) is 4.79 Å². The molecule has 1 aromatic carbocycles. The maximum atomic E-state index is 10.8. The Balaban J connectivity index is 2.65. The van der Waals surface area contributed by atoms with Gasteiger partial charge in [0.2, 0.25) is 0 Å². The Hall–Kier alpha value is -1.02. The van der Waals surface area contributed by atoms with Crippen molar-refractivity contribution in [1.82, 2.24) is 0 Å². The highest BCUT2D eigenvalue weighted by Crippen LogP contribution is 2.06. The zero-order valence-electron chi connectivity index (χ0n) is 8.37. The average molecular weight is 314 g/mol. The number of carbonyl (C=O) groups is 1. The molecule has 1 rings (SSSR count). The molecule has 3 heteroatoms. The van der Waals surface area contributed by atoms with E-state index in [0.29, 0.717) is 6.42 Å². The number of benzene rings is 1. The van der Waals surface area contributed by atoms with Crippen LogP contribution in [0.2, 0.25) is 0 Å². The van der Waals surface area contributed by atoms with Crippen molar-refractivity contribution in [2.45, 2.75) is 19.4 Å². The van der Waals surface area contributed by atoms with E-state index in [1.165, 1.54) is 6.92 Å². The van der Waals surface area contributed by atoms with Gasteiger partial charge < -0.3 is 4.74 Å². The fourth-order valence-electron chi connectivity index (χ4n) is 1.21. The Morgan fingerprint density at radius 1 is 1.47 bits per heavy atom. The summed E-state index contributed by atoms with van der Waals surface area (Å²) in [5, 5.41) is 0. The first-order chi connectivity index (χ1) is 7.22. The smallest absolute Gasteiger partial charge is 0.303 e. The number of halogens is 1. The summed E-state index contributed by atoms with van der Waals surface area (Å²) >= 11 is 1.94. The van der Waals surface area contributed by atoms with Gasteiger partial charge in [-0.25, -0.2) is 0 Å². The predicted molar refractivity (Wildman–Crippen MR) is 67.5 cm³/mol. The minimum Gasteiger partial charge on any atom is -0.449 e. The minimum absolute atomic E-state index is 0.296. The van der Waals surface area contributed by atoms with Crippen molar-refractivity contribution in [2.24, 2.45) is 0 Å². The van der Waals surface area contributed by atoms with Gasteiger partial charge in [0.1, 0.15) is 0 Å². The van der Waals surface area contributed by atoms with Crippen LogP contribution in [0.15, 0.2) is 30.3 Å². The second-order valence-electron chi connectivity index (χ2n) is 3.03.